The zero-order chi connectivity index (χ0) is 11.5. The smallest absolute Gasteiger partial charge is 0.173 e. The Morgan fingerprint density at radius 2 is 2.50 bits per heavy atom. The van der Waals surface area contributed by atoms with Crippen molar-refractivity contribution in [3.63, 3.8) is 0 Å². The first kappa shape index (κ1) is 11.8. The molecule has 0 saturated carbocycles. The van der Waals surface area contributed by atoms with Crippen molar-refractivity contribution in [2.45, 2.75) is 19.4 Å². The SMILES string of the molecule is Cc1csc(CC(NN)c2ccoc2Br)n1. The largest absolute Gasteiger partial charge is 0.457 e. The highest BCUT2D eigenvalue weighted by molar-refractivity contribution is 9.10. The van der Waals surface area contributed by atoms with Crippen LogP contribution in [0.25, 0.3) is 0 Å². The van der Waals surface area contributed by atoms with E-state index in [4.69, 9.17) is 10.3 Å². The Morgan fingerprint density at radius 1 is 1.69 bits per heavy atom. The van der Waals surface area contributed by atoms with Crippen molar-refractivity contribution in [1.29, 1.82) is 0 Å². The zero-order valence-corrected chi connectivity index (χ0v) is 11.1. The minimum Gasteiger partial charge on any atom is -0.457 e. The van der Waals surface area contributed by atoms with Gasteiger partial charge in [0.1, 0.15) is 0 Å². The molecule has 0 fully saturated rings. The van der Waals surface area contributed by atoms with E-state index >= 15 is 0 Å². The highest BCUT2D eigenvalue weighted by Crippen LogP contribution is 2.27. The molecule has 2 rings (SSSR count). The number of rotatable bonds is 4. The van der Waals surface area contributed by atoms with Crippen LogP contribution in [0.4, 0.5) is 0 Å². The summed E-state index contributed by atoms with van der Waals surface area (Å²) >= 11 is 4.99. The van der Waals surface area contributed by atoms with E-state index in [1.807, 2.05) is 18.4 Å². The average Bonchev–Trinajstić information content (AvgIpc) is 2.84. The van der Waals surface area contributed by atoms with Crippen molar-refractivity contribution >= 4 is 27.3 Å². The van der Waals surface area contributed by atoms with Gasteiger partial charge in [0.05, 0.1) is 17.3 Å². The fourth-order valence-electron chi connectivity index (χ4n) is 1.48. The molecule has 2 aromatic heterocycles. The third-order valence-corrected chi connectivity index (χ3v) is 3.90. The molecule has 0 amide bonds. The number of halogens is 1. The number of hydrogen-bond donors (Lipinski definition) is 2. The molecule has 6 heteroatoms. The van der Waals surface area contributed by atoms with Crippen molar-refractivity contribution in [2.24, 2.45) is 5.84 Å². The minimum absolute atomic E-state index is 0.0127. The van der Waals surface area contributed by atoms with E-state index in [0.29, 0.717) is 4.67 Å². The lowest BCUT2D eigenvalue weighted by Gasteiger charge is -2.12. The third-order valence-electron chi connectivity index (χ3n) is 2.27. The fraction of sp³-hybridized carbons (Fsp3) is 0.300. The van der Waals surface area contributed by atoms with Gasteiger partial charge in [0.25, 0.3) is 0 Å². The summed E-state index contributed by atoms with van der Waals surface area (Å²) in [6.45, 7) is 1.98. The van der Waals surface area contributed by atoms with Gasteiger partial charge in [0.2, 0.25) is 0 Å². The highest BCUT2D eigenvalue weighted by atomic mass is 79.9. The number of furan rings is 1. The van der Waals surface area contributed by atoms with Crippen molar-refractivity contribution in [3.05, 3.63) is 38.6 Å². The maximum absolute atomic E-state index is 5.55. The molecule has 3 N–H and O–H groups in total. The molecule has 4 nitrogen and oxygen atoms in total. The van der Waals surface area contributed by atoms with Crippen molar-refractivity contribution in [1.82, 2.24) is 10.4 Å². The van der Waals surface area contributed by atoms with E-state index in [1.165, 1.54) is 0 Å². The maximum atomic E-state index is 5.55. The first-order valence-electron chi connectivity index (χ1n) is 4.80. The van der Waals surface area contributed by atoms with Gasteiger partial charge in [-0.3, -0.25) is 11.3 Å². The molecule has 0 saturated heterocycles. The summed E-state index contributed by atoms with van der Waals surface area (Å²) in [5, 5.41) is 3.10. The van der Waals surface area contributed by atoms with E-state index < -0.39 is 0 Å². The van der Waals surface area contributed by atoms with Crippen LogP contribution < -0.4 is 11.3 Å². The Kier molecular flexibility index (Phi) is 3.75. The molecule has 0 radical (unpaired) electrons. The standard InChI is InChI=1S/C10H12BrN3OS/c1-6-5-16-9(13-6)4-8(14-12)7-2-3-15-10(7)11/h2-3,5,8,14H,4,12H2,1H3. The predicted molar refractivity (Wildman–Crippen MR) is 67.0 cm³/mol. The first-order valence-corrected chi connectivity index (χ1v) is 6.48. The second-order valence-corrected chi connectivity index (χ2v) is 5.12. The lowest BCUT2D eigenvalue weighted by Crippen LogP contribution is -2.29. The topological polar surface area (TPSA) is 64.1 Å². The molecule has 0 bridgehead atoms. The van der Waals surface area contributed by atoms with Gasteiger partial charge in [-0.2, -0.15) is 0 Å². The molecular weight excluding hydrogens is 290 g/mol. The Bertz CT molecular complexity index is 468. The molecule has 16 heavy (non-hydrogen) atoms. The van der Waals surface area contributed by atoms with Gasteiger partial charge in [-0.15, -0.1) is 11.3 Å². The van der Waals surface area contributed by atoms with E-state index in [0.717, 1.165) is 22.7 Å². The lowest BCUT2D eigenvalue weighted by atomic mass is 10.1. The number of aromatic nitrogens is 1. The Balaban J connectivity index is 2.15. The number of nitrogens with one attached hydrogen (secondary N) is 1. The zero-order valence-electron chi connectivity index (χ0n) is 8.74. The molecule has 0 aliphatic heterocycles. The van der Waals surface area contributed by atoms with Gasteiger partial charge >= 0.3 is 0 Å². The quantitative estimate of drug-likeness (QED) is 0.673. The van der Waals surface area contributed by atoms with Crippen LogP contribution in [-0.2, 0) is 6.42 Å². The third kappa shape index (κ3) is 2.52. The molecule has 1 atom stereocenters. The second kappa shape index (κ2) is 5.09. The van der Waals surface area contributed by atoms with Crippen molar-refractivity contribution in [3.8, 4) is 0 Å². The van der Waals surface area contributed by atoms with Crippen LogP contribution in [0.2, 0.25) is 0 Å². The lowest BCUT2D eigenvalue weighted by molar-refractivity contribution is 0.506. The van der Waals surface area contributed by atoms with Crippen LogP contribution in [0.3, 0.4) is 0 Å². The van der Waals surface area contributed by atoms with E-state index in [2.05, 4.69) is 26.3 Å². The summed E-state index contributed by atoms with van der Waals surface area (Å²) in [6.07, 6.45) is 2.39. The maximum Gasteiger partial charge on any atom is 0.173 e. The summed E-state index contributed by atoms with van der Waals surface area (Å²) in [5.41, 5.74) is 4.83. The summed E-state index contributed by atoms with van der Waals surface area (Å²) in [6, 6.07) is 1.91. The molecule has 0 aliphatic carbocycles. The van der Waals surface area contributed by atoms with Gasteiger partial charge < -0.3 is 4.42 Å². The van der Waals surface area contributed by atoms with Gasteiger partial charge in [-0.05, 0) is 28.9 Å². The van der Waals surface area contributed by atoms with Gasteiger partial charge in [-0.1, -0.05) is 0 Å². The van der Waals surface area contributed by atoms with E-state index in [9.17, 15) is 0 Å². The average molecular weight is 302 g/mol. The predicted octanol–water partition coefficient (Wildman–Crippen LogP) is 2.55. The van der Waals surface area contributed by atoms with E-state index in [1.54, 1.807) is 17.6 Å². The Morgan fingerprint density at radius 3 is 3.00 bits per heavy atom. The summed E-state index contributed by atoms with van der Waals surface area (Å²) in [4.78, 5) is 4.42. The van der Waals surface area contributed by atoms with Crippen LogP contribution in [0.1, 0.15) is 22.3 Å². The molecule has 2 heterocycles. The van der Waals surface area contributed by atoms with Gasteiger partial charge in [0.15, 0.2) is 4.67 Å². The van der Waals surface area contributed by atoms with Crippen LogP contribution >= 0.6 is 27.3 Å². The van der Waals surface area contributed by atoms with Crippen LogP contribution in [0.5, 0.6) is 0 Å². The second-order valence-electron chi connectivity index (χ2n) is 3.46. The van der Waals surface area contributed by atoms with Crippen LogP contribution in [-0.4, -0.2) is 4.98 Å². The monoisotopic (exact) mass is 301 g/mol. The number of aryl methyl sites for hydroxylation is 1. The highest BCUT2D eigenvalue weighted by Gasteiger charge is 2.17. The fourth-order valence-corrected chi connectivity index (χ4v) is 2.82. The first-order chi connectivity index (χ1) is 7.70. The van der Waals surface area contributed by atoms with Gasteiger partial charge in [-0.25, -0.2) is 4.98 Å². The van der Waals surface area contributed by atoms with Crippen molar-refractivity contribution < 1.29 is 4.42 Å². The molecule has 2 aromatic rings. The van der Waals surface area contributed by atoms with E-state index in [-0.39, 0.29) is 6.04 Å². The Hall–Kier alpha value is -0.690. The van der Waals surface area contributed by atoms with Gasteiger partial charge in [0, 0.05) is 23.1 Å². The summed E-state index contributed by atoms with van der Waals surface area (Å²) < 4.78 is 5.91. The molecule has 0 aromatic carbocycles. The number of nitrogens with zero attached hydrogens (tertiary/aromatic N) is 1. The normalized spacial score (nSPS) is 12.9. The molecule has 0 aliphatic rings. The minimum atomic E-state index is 0.0127. The Labute approximate surface area is 106 Å². The summed E-state index contributed by atoms with van der Waals surface area (Å²) in [7, 11) is 0. The van der Waals surface area contributed by atoms with Crippen LogP contribution in [0, 0.1) is 6.92 Å². The molecular formula is C10H12BrN3OS. The number of nitrogens with two attached hydrogens (primary N) is 1. The molecule has 86 valence electrons. The number of hydrogen-bond acceptors (Lipinski definition) is 5. The van der Waals surface area contributed by atoms with Crippen molar-refractivity contribution in [2.75, 3.05) is 0 Å². The number of thiazole rings is 1. The summed E-state index contributed by atoms with van der Waals surface area (Å²) in [5.74, 6) is 5.55. The molecule has 0 spiro atoms. The molecule has 1 unspecified atom stereocenters. The number of hydrazine groups is 1. The van der Waals surface area contributed by atoms with Crippen LogP contribution in [0.15, 0.2) is 26.8 Å².